The number of ether oxygens (including phenoxy) is 2. The Morgan fingerprint density at radius 3 is 2.72 bits per heavy atom. The van der Waals surface area contributed by atoms with Crippen molar-refractivity contribution in [3.8, 4) is 0 Å². The van der Waals surface area contributed by atoms with Gasteiger partial charge < -0.3 is 14.4 Å². The fraction of sp³-hybridized carbons (Fsp3) is 0.385. The van der Waals surface area contributed by atoms with Gasteiger partial charge in [-0.25, -0.2) is 4.79 Å². The molecule has 0 bridgehead atoms. The summed E-state index contributed by atoms with van der Waals surface area (Å²) in [6, 6.07) is 8.23. The third-order valence-electron chi connectivity index (χ3n) is 2.88. The number of hydrogen-bond acceptors (Lipinski definition) is 4. The molecule has 1 fully saturated rings. The van der Waals surface area contributed by atoms with Crippen LogP contribution in [-0.2, 0) is 14.3 Å². The van der Waals surface area contributed by atoms with Crippen molar-refractivity contribution in [3.63, 3.8) is 0 Å². The Kier molecular flexibility index (Phi) is 3.94. The standard InChI is InChI=1S/C13H15NO4/c1-17-13(16)11-9-18-8-7-14(11)12(15)10-5-3-2-4-6-10/h2-6,11H,7-9H2,1H3. The van der Waals surface area contributed by atoms with Gasteiger partial charge in [-0.05, 0) is 12.1 Å². The van der Waals surface area contributed by atoms with Crippen molar-refractivity contribution in [2.24, 2.45) is 0 Å². The lowest BCUT2D eigenvalue weighted by Crippen LogP contribution is -2.53. The van der Waals surface area contributed by atoms with Crippen LogP contribution in [0.15, 0.2) is 30.3 Å². The van der Waals surface area contributed by atoms with Crippen LogP contribution in [0.1, 0.15) is 10.4 Å². The van der Waals surface area contributed by atoms with E-state index in [1.54, 1.807) is 24.3 Å². The fourth-order valence-electron chi connectivity index (χ4n) is 1.92. The van der Waals surface area contributed by atoms with Gasteiger partial charge in [-0.3, -0.25) is 4.79 Å². The van der Waals surface area contributed by atoms with Crippen molar-refractivity contribution in [2.75, 3.05) is 26.9 Å². The molecule has 1 aromatic rings. The molecule has 1 aromatic carbocycles. The molecule has 1 heterocycles. The maximum absolute atomic E-state index is 12.3. The Bertz CT molecular complexity index is 432. The largest absolute Gasteiger partial charge is 0.467 e. The lowest BCUT2D eigenvalue weighted by molar-refractivity contribution is -0.151. The van der Waals surface area contributed by atoms with Crippen molar-refractivity contribution < 1.29 is 19.1 Å². The predicted molar refractivity (Wildman–Crippen MR) is 64.1 cm³/mol. The van der Waals surface area contributed by atoms with Crippen molar-refractivity contribution in [1.82, 2.24) is 4.90 Å². The summed E-state index contributed by atoms with van der Waals surface area (Å²) in [6.45, 7) is 1.02. The van der Waals surface area contributed by atoms with Crippen LogP contribution in [0, 0.1) is 0 Å². The minimum atomic E-state index is -0.656. The maximum atomic E-state index is 12.3. The van der Waals surface area contributed by atoms with Crippen molar-refractivity contribution in [1.29, 1.82) is 0 Å². The van der Waals surface area contributed by atoms with E-state index in [2.05, 4.69) is 0 Å². The fourth-order valence-corrected chi connectivity index (χ4v) is 1.92. The second kappa shape index (κ2) is 5.64. The van der Waals surface area contributed by atoms with Gasteiger partial charge in [0.05, 0.1) is 20.3 Å². The van der Waals surface area contributed by atoms with Gasteiger partial charge in [0.25, 0.3) is 5.91 Å². The zero-order chi connectivity index (χ0) is 13.0. The number of carbonyl (C=O) groups is 2. The summed E-state index contributed by atoms with van der Waals surface area (Å²) in [4.78, 5) is 25.4. The van der Waals surface area contributed by atoms with E-state index >= 15 is 0 Å². The highest BCUT2D eigenvalue weighted by molar-refractivity contribution is 5.96. The molecule has 1 unspecified atom stereocenters. The molecule has 1 aliphatic heterocycles. The molecule has 0 spiro atoms. The van der Waals surface area contributed by atoms with Gasteiger partial charge in [0, 0.05) is 12.1 Å². The SMILES string of the molecule is COC(=O)C1COCCN1C(=O)c1ccccc1. The van der Waals surface area contributed by atoms with Gasteiger partial charge in [0.15, 0.2) is 6.04 Å². The first-order valence-electron chi connectivity index (χ1n) is 5.75. The van der Waals surface area contributed by atoms with Crippen LogP contribution in [0.5, 0.6) is 0 Å². The minimum Gasteiger partial charge on any atom is -0.467 e. The zero-order valence-electron chi connectivity index (χ0n) is 10.2. The summed E-state index contributed by atoms with van der Waals surface area (Å²) in [5.41, 5.74) is 0.563. The van der Waals surface area contributed by atoms with Crippen molar-refractivity contribution in [3.05, 3.63) is 35.9 Å². The van der Waals surface area contributed by atoms with E-state index in [-0.39, 0.29) is 12.5 Å². The molecule has 0 N–H and O–H groups in total. The number of morpholine rings is 1. The number of hydrogen-bond donors (Lipinski definition) is 0. The summed E-state index contributed by atoms with van der Waals surface area (Å²) >= 11 is 0. The quantitative estimate of drug-likeness (QED) is 0.724. The molecular formula is C13H15NO4. The summed E-state index contributed by atoms with van der Waals surface area (Å²) in [5, 5.41) is 0. The smallest absolute Gasteiger partial charge is 0.331 e. The summed E-state index contributed by atoms with van der Waals surface area (Å²) in [7, 11) is 1.31. The molecule has 1 amide bonds. The molecule has 18 heavy (non-hydrogen) atoms. The molecule has 1 atom stereocenters. The van der Waals surface area contributed by atoms with Gasteiger partial charge in [0.2, 0.25) is 0 Å². The van der Waals surface area contributed by atoms with Gasteiger partial charge in [0.1, 0.15) is 0 Å². The van der Waals surface area contributed by atoms with Crippen LogP contribution in [0.2, 0.25) is 0 Å². The first kappa shape index (κ1) is 12.6. The van der Waals surface area contributed by atoms with Crippen LogP contribution in [-0.4, -0.2) is 49.7 Å². The second-order valence-electron chi connectivity index (χ2n) is 3.98. The molecule has 96 valence electrons. The second-order valence-corrected chi connectivity index (χ2v) is 3.98. The zero-order valence-corrected chi connectivity index (χ0v) is 10.2. The number of nitrogens with zero attached hydrogens (tertiary/aromatic N) is 1. The Balaban J connectivity index is 2.19. The van der Waals surface area contributed by atoms with Crippen LogP contribution in [0.25, 0.3) is 0 Å². The molecule has 1 aliphatic rings. The van der Waals surface area contributed by atoms with E-state index in [9.17, 15) is 9.59 Å². The molecular weight excluding hydrogens is 234 g/mol. The highest BCUT2D eigenvalue weighted by Gasteiger charge is 2.33. The average Bonchev–Trinajstić information content (AvgIpc) is 2.46. The van der Waals surface area contributed by atoms with Crippen LogP contribution >= 0.6 is 0 Å². The summed E-state index contributed by atoms with van der Waals surface area (Å²) < 4.78 is 9.92. The number of esters is 1. The lowest BCUT2D eigenvalue weighted by atomic mass is 10.1. The predicted octanol–water partition coefficient (Wildman–Crippen LogP) is 0.701. The average molecular weight is 249 g/mol. The Morgan fingerprint density at radius 1 is 1.33 bits per heavy atom. The molecule has 0 saturated carbocycles. The number of amides is 1. The highest BCUT2D eigenvalue weighted by atomic mass is 16.5. The van der Waals surface area contributed by atoms with Gasteiger partial charge in [-0.1, -0.05) is 18.2 Å². The Morgan fingerprint density at radius 2 is 2.06 bits per heavy atom. The van der Waals surface area contributed by atoms with E-state index in [0.717, 1.165) is 0 Å². The van der Waals surface area contributed by atoms with E-state index in [1.807, 2.05) is 6.07 Å². The first-order valence-corrected chi connectivity index (χ1v) is 5.75. The third-order valence-corrected chi connectivity index (χ3v) is 2.88. The Hall–Kier alpha value is -1.88. The normalized spacial score (nSPS) is 19.4. The van der Waals surface area contributed by atoms with Crippen LogP contribution < -0.4 is 0 Å². The molecule has 0 radical (unpaired) electrons. The third kappa shape index (κ3) is 2.51. The Labute approximate surface area is 105 Å². The van der Waals surface area contributed by atoms with E-state index in [0.29, 0.717) is 18.7 Å². The number of methoxy groups -OCH3 is 1. The van der Waals surface area contributed by atoms with E-state index < -0.39 is 12.0 Å². The molecule has 1 saturated heterocycles. The van der Waals surface area contributed by atoms with Gasteiger partial charge >= 0.3 is 5.97 Å². The van der Waals surface area contributed by atoms with Crippen molar-refractivity contribution >= 4 is 11.9 Å². The molecule has 2 rings (SSSR count). The van der Waals surface area contributed by atoms with Gasteiger partial charge in [-0.15, -0.1) is 0 Å². The minimum absolute atomic E-state index is 0.172. The number of benzene rings is 1. The van der Waals surface area contributed by atoms with E-state index in [1.165, 1.54) is 12.0 Å². The molecule has 0 aliphatic carbocycles. The highest BCUT2D eigenvalue weighted by Crippen LogP contribution is 2.13. The maximum Gasteiger partial charge on any atom is 0.331 e. The lowest BCUT2D eigenvalue weighted by Gasteiger charge is -2.33. The first-order chi connectivity index (χ1) is 8.74. The topological polar surface area (TPSA) is 55.8 Å². The van der Waals surface area contributed by atoms with Crippen molar-refractivity contribution in [2.45, 2.75) is 6.04 Å². The van der Waals surface area contributed by atoms with Gasteiger partial charge in [-0.2, -0.15) is 0 Å². The summed E-state index contributed by atoms with van der Waals surface area (Å²) in [6.07, 6.45) is 0. The van der Waals surface area contributed by atoms with Crippen LogP contribution in [0.4, 0.5) is 0 Å². The molecule has 5 nitrogen and oxygen atoms in total. The number of carbonyl (C=O) groups excluding carboxylic acids is 2. The summed E-state index contributed by atoms with van der Waals surface area (Å²) in [5.74, 6) is -0.617. The monoisotopic (exact) mass is 249 g/mol. The molecule has 5 heteroatoms. The van der Waals surface area contributed by atoms with E-state index in [4.69, 9.17) is 9.47 Å². The van der Waals surface area contributed by atoms with Crippen LogP contribution in [0.3, 0.4) is 0 Å². The molecule has 0 aromatic heterocycles. The number of rotatable bonds is 2.